The molecule has 732 valence electrons. The third-order valence-electron chi connectivity index (χ3n) is 26.6. The Kier molecular flexibility index (Phi) is 29.4. The van der Waals surface area contributed by atoms with E-state index in [1.54, 1.807) is 68.2 Å². The number of hydrogen-bond acceptors (Lipinski definition) is 13. The second-order valence-electron chi connectivity index (χ2n) is 35.7. The number of methoxy groups -OCH3 is 2. The number of carbonyl (C=O) groups excluding carboxylic acids is 4. The first-order valence-corrected chi connectivity index (χ1v) is 49.6. The fourth-order valence-corrected chi connectivity index (χ4v) is 21.3. The van der Waals surface area contributed by atoms with Crippen molar-refractivity contribution in [2.45, 2.75) is 103 Å². The number of hydrogen-bond donors (Lipinski definition) is 8. The molecule has 12 aromatic carbocycles. The molecule has 6 aliphatic heterocycles. The molecule has 31 heteroatoms. The maximum atomic E-state index is 14.1. The molecule has 5 atom stereocenters. The lowest BCUT2D eigenvalue weighted by Gasteiger charge is -2.36. The molecule has 23 nitrogen and oxygen atoms in total. The zero-order chi connectivity index (χ0) is 99.4. The van der Waals surface area contributed by atoms with E-state index in [2.05, 4.69) is 122 Å². The van der Waals surface area contributed by atoms with Crippen molar-refractivity contribution in [2.75, 3.05) is 72.3 Å². The van der Waals surface area contributed by atoms with Gasteiger partial charge in [-0.15, -0.1) is 0 Å². The summed E-state index contributed by atoms with van der Waals surface area (Å²) in [6.45, 7) is 12.5. The lowest BCUT2D eigenvalue weighted by Crippen LogP contribution is -2.47. The predicted molar refractivity (Wildman–Crippen MR) is 557 cm³/mol. The van der Waals surface area contributed by atoms with E-state index in [0.29, 0.717) is 59.5 Å². The summed E-state index contributed by atoms with van der Waals surface area (Å²) in [5.41, 5.74) is 22.4. The van der Waals surface area contributed by atoms with Gasteiger partial charge in [-0.2, -0.15) is 0 Å². The Labute approximate surface area is 851 Å². The van der Waals surface area contributed by atoms with Crippen molar-refractivity contribution in [1.82, 2.24) is 55.2 Å². The highest BCUT2D eigenvalue weighted by Gasteiger charge is 2.41. The maximum Gasteiger partial charge on any atom is 0.513 e. The van der Waals surface area contributed by atoms with Gasteiger partial charge in [-0.1, -0.05) is 135 Å². The predicted octanol–water partition coefficient (Wildman–Crippen LogP) is 26.6. The van der Waals surface area contributed by atoms with E-state index < -0.39 is 29.9 Å². The van der Waals surface area contributed by atoms with E-state index in [0.717, 1.165) is 182 Å². The molecular formula is C112H102BrCl4F3N12O11. The minimum atomic E-state index is -0.772. The molecule has 0 saturated heterocycles. The number of ether oxygens (including phenoxy) is 7. The van der Waals surface area contributed by atoms with Crippen LogP contribution in [0.3, 0.4) is 0 Å². The summed E-state index contributed by atoms with van der Waals surface area (Å²) in [5.74, 6) is 2.34. The van der Waals surface area contributed by atoms with Crippen LogP contribution in [0, 0.1) is 17.5 Å². The number of benzene rings is 12. The Balaban J connectivity index is 0.000000114. The van der Waals surface area contributed by atoms with Crippen LogP contribution in [0.1, 0.15) is 148 Å². The second-order valence-corrected chi connectivity index (χ2v) is 38.4. The van der Waals surface area contributed by atoms with Crippen LogP contribution in [0.15, 0.2) is 259 Å². The molecule has 0 spiro atoms. The van der Waals surface area contributed by atoms with Gasteiger partial charge in [-0.05, 0) is 297 Å². The van der Waals surface area contributed by atoms with Crippen LogP contribution in [-0.2, 0) is 48.1 Å². The summed E-state index contributed by atoms with van der Waals surface area (Å²) in [6.07, 6.45) is 2.83. The number of urea groups is 2. The zero-order valence-electron chi connectivity index (χ0n) is 78.9. The number of H-pyrrole nitrogens is 5. The molecule has 5 unspecified atom stereocenters. The minimum absolute atomic E-state index is 0.0573. The van der Waals surface area contributed by atoms with Gasteiger partial charge in [0.25, 0.3) is 0 Å². The first-order valence-electron chi connectivity index (χ1n) is 47.3. The Hall–Kier alpha value is -14.0. The van der Waals surface area contributed by atoms with Crippen molar-refractivity contribution in [3.63, 3.8) is 0 Å². The highest BCUT2D eigenvalue weighted by Crippen LogP contribution is 2.48. The highest BCUT2D eigenvalue weighted by molar-refractivity contribution is 9.10. The molecule has 11 heterocycles. The SMILES string of the molecule is CCOC(=O)Oc1cccc(C2c3[nH]c4ccc(Cl)cc4c3CCN2C(=O)OCC)c1.COc1ccc(C2c3[nH]c4ccc(Cl)cc4c3CCN2C(=O)NC(C)C)cc1.COc1ccc(C2c3[nH]c4ccc(Cl)cc4c3CCN2C(=O)Nc2ccc(F)cc2)cc1.Clc1ccc2[nH]c3c(c2c1)CCN(Cc1ccccc1)C3c1ccc2c(c1)OCO2.Fc1ccc(F)c(C2NCCc3c2[nH]c2ccc(Br)cc32)c1. The summed E-state index contributed by atoms with van der Waals surface area (Å²) in [5, 5.41) is 17.6. The van der Waals surface area contributed by atoms with E-state index >= 15 is 0 Å². The Morgan fingerprint density at radius 2 is 0.909 bits per heavy atom. The number of carbonyl (C=O) groups is 4. The first kappa shape index (κ1) is 97.8. The summed E-state index contributed by atoms with van der Waals surface area (Å²) < 4.78 is 79.2. The van der Waals surface area contributed by atoms with Gasteiger partial charge in [-0.3, -0.25) is 9.80 Å². The molecular weight excluding hydrogens is 1970 g/mol. The number of fused-ring (bicyclic) bond motifs is 16. The van der Waals surface area contributed by atoms with Gasteiger partial charge < -0.3 is 83.8 Å². The molecule has 5 amide bonds. The molecule has 0 bridgehead atoms. The summed E-state index contributed by atoms with van der Waals surface area (Å²) in [4.78, 5) is 76.3. The summed E-state index contributed by atoms with van der Waals surface area (Å²) >= 11 is 28.5. The lowest BCUT2D eigenvalue weighted by molar-refractivity contribution is 0.0926. The van der Waals surface area contributed by atoms with Crippen molar-refractivity contribution in [3.8, 4) is 28.7 Å². The number of aromatic amines is 5. The summed E-state index contributed by atoms with van der Waals surface area (Å²) in [6, 6.07) is 77.1. The van der Waals surface area contributed by atoms with Gasteiger partial charge >= 0.3 is 24.3 Å². The number of aromatic nitrogens is 5. The molecule has 0 radical (unpaired) electrons. The van der Waals surface area contributed by atoms with E-state index in [4.69, 9.17) is 79.6 Å². The van der Waals surface area contributed by atoms with Gasteiger partial charge in [0.2, 0.25) is 6.79 Å². The molecule has 143 heavy (non-hydrogen) atoms. The Morgan fingerprint density at radius 1 is 0.441 bits per heavy atom. The second kappa shape index (κ2) is 43.0. The number of rotatable bonds is 14. The van der Waals surface area contributed by atoms with Crippen molar-refractivity contribution in [3.05, 3.63) is 386 Å². The topological polar surface area (TPSA) is 261 Å². The fraction of sp³-hybridized carbons (Fsp3) is 0.232. The van der Waals surface area contributed by atoms with Crippen LogP contribution < -0.4 is 39.6 Å². The van der Waals surface area contributed by atoms with Crippen molar-refractivity contribution in [1.29, 1.82) is 0 Å². The Morgan fingerprint density at radius 3 is 1.45 bits per heavy atom. The minimum Gasteiger partial charge on any atom is -0.497 e. The van der Waals surface area contributed by atoms with Gasteiger partial charge in [0, 0.05) is 164 Å². The van der Waals surface area contributed by atoms with E-state index in [1.807, 2.05) is 152 Å². The number of halogens is 8. The number of nitrogens with zero attached hydrogens (tertiary/aromatic N) is 4. The van der Waals surface area contributed by atoms with Crippen LogP contribution in [0.4, 0.5) is 38.0 Å². The van der Waals surface area contributed by atoms with Crippen LogP contribution >= 0.6 is 62.3 Å². The monoisotopic (exact) mass is 2070 g/mol. The van der Waals surface area contributed by atoms with Gasteiger partial charge in [0.1, 0.15) is 40.7 Å². The molecule has 0 fully saturated rings. The van der Waals surface area contributed by atoms with Gasteiger partial charge in [-0.25, -0.2) is 32.3 Å². The molecule has 5 aromatic heterocycles. The Bertz CT molecular complexity index is 7590. The van der Waals surface area contributed by atoms with Crippen molar-refractivity contribution >= 4 is 147 Å². The highest BCUT2D eigenvalue weighted by atomic mass is 79.9. The number of anilines is 1. The smallest absolute Gasteiger partial charge is 0.497 e. The van der Waals surface area contributed by atoms with Crippen molar-refractivity contribution < 1.29 is 65.5 Å². The quantitative estimate of drug-likeness (QED) is 0.0373. The molecule has 6 aliphatic rings. The van der Waals surface area contributed by atoms with Crippen molar-refractivity contribution in [2.24, 2.45) is 0 Å². The van der Waals surface area contributed by atoms with E-state index in [9.17, 15) is 32.3 Å². The third-order valence-corrected chi connectivity index (χ3v) is 28.0. The maximum absolute atomic E-state index is 14.1. The van der Waals surface area contributed by atoms with Gasteiger partial charge in [0.05, 0.1) is 51.6 Å². The first-order chi connectivity index (χ1) is 69.4. The molecule has 0 saturated carbocycles. The largest absolute Gasteiger partial charge is 0.513 e. The normalized spacial score (nSPS) is 16.5. The van der Waals surface area contributed by atoms with E-state index in [-0.39, 0.29) is 68.1 Å². The number of amides is 5. The number of nitrogens with one attached hydrogen (secondary N) is 8. The fourth-order valence-electron chi connectivity index (χ4n) is 20.2. The average molecular weight is 2070 g/mol. The van der Waals surface area contributed by atoms with Crippen LogP contribution in [0.25, 0.3) is 54.5 Å². The molecule has 0 aliphatic carbocycles. The third kappa shape index (κ3) is 21.0. The van der Waals surface area contributed by atoms with Crippen LogP contribution in [0.5, 0.6) is 28.7 Å². The standard InChI is InChI=1S/C25H21ClFN3O2.C25H21ClN2O2.C23H23ClN2O5.C22H24ClN3O2.C17H13BrF2N2/c1-32-19-9-2-15(3-10-19)24-23-20(21-14-16(26)4-11-22(21)29-23)12-13-30(24)25(31)28-18-7-5-17(27)6-8-18;26-18-7-8-21-20(13-18)19-10-11-28(14-16-4-2-1-3-5-16)25(24(19)27-21)17-6-9-22-23(12-17)30-15-29-22;1-3-29-22(27)26-11-10-17-18-13-15(24)8-9-19(18)25-20(17)21(26)14-6-5-7-16(12-14)31-23(28)30-4-2;1-13(2)24-22(27)26-11-10-17-18-12-15(23)6-9-19(18)25-20(17)21(26)14-4-7-16(28-3)8-5-14;18-9-1-4-15-12(7-9)11-5-6-21-16(17(11)22-15)13-8-10(19)2-3-14(13)20/h2-11,14,24,29H,12-13H2,1H3,(H,28,31);1-9,12-13,25,27H,10-11,14-15H2;5-9,12-13,21,25H,3-4,10-11H2,1-2H3;4-9,12-13,21,25H,10-11H2,1-3H3,(H,24,27);1-4,7-8,16,21-22H,5-6H2. The van der Waals surface area contributed by atoms with E-state index in [1.165, 1.54) is 63.2 Å². The van der Waals surface area contributed by atoms with Crippen LogP contribution in [0.2, 0.25) is 20.1 Å². The molecule has 8 N–H and O–H groups in total. The summed E-state index contributed by atoms with van der Waals surface area (Å²) in [7, 11) is 3.27. The lowest BCUT2D eigenvalue weighted by atomic mass is 9.91. The average Bonchev–Trinajstić information content (AvgIpc) is 1.62. The molecule has 17 aromatic rings. The zero-order valence-corrected chi connectivity index (χ0v) is 83.5. The molecule has 23 rings (SSSR count). The van der Waals surface area contributed by atoms with Gasteiger partial charge in [0.15, 0.2) is 11.5 Å². The van der Waals surface area contributed by atoms with Crippen LogP contribution in [-0.4, -0.2) is 142 Å².